The molecule has 0 amide bonds. The van der Waals surface area contributed by atoms with Crippen LogP contribution >= 0.6 is 0 Å². The van der Waals surface area contributed by atoms with Gasteiger partial charge in [0.25, 0.3) is 6.92 Å². The van der Waals surface area contributed by atoms with E-state index in [9.17, 15) is 0 Å². The molecule has 0 aromatic carbocycles. The van der Waals surface area contributed by atoms with Crippen molar-refractivity contribution in [2.24, 2.45) is 5.92 Å². The lowest BCUT2D eigenvalue weighted by atomic mass is 9.63. The largest absolute Gasteiger partial charge is 0.439 e. The van der Waals surface area contributed by atoms with Gasteiger partial charge in [-0.1, -0.05) is 33.5 Å². The maximum Gasteiger partial charge on any atom is 0.289 e. The molecule has 0 N–H and O–H groups in total. The topological polar surface area (TPSA) is 9.23 Å². The highest BCUT2D eigenvalue weighted by atomic mass is 16.4. The van der Waals surface area contributed by atoms with Crippen molar-refractivity contribution < 1.29 is 4.65 Å². The lowest BCUT2D eigenvalue weighted by molar-refractivity contribution is 0.410. The molecule has 0 rings (SSSR count). The molecule has 0 bridgehead atoms. The zero-order valence-electron chi connectivity index (χ0n) is 7.68. The molecule has 10 heavy (non-hydrogen) atoms. The van der Waals surface area contributed by atoms with Crippen LogP contribution in [0.3, 0.4) is 0 Å². The number of hydrogen-bond acceptors (Lipinski definition) is 1. The van der Waals surface area contributed by atoms with Gasteiger partial charge in [-0.3, -0.25) is 0 Å². The van der Waals surface area contributed by atoms with Gasteiger partial charge in [0.1, 0.15) is 0 Å². The molecule has 0 aliphatic rings. The lowest BCUT2D eigenvalue weighted by Gasteiger charge is -2.11. The van der Waals surface area contributed by atoms with Gasteiger partial charge in [0.15, 0.2) is 0 Å². The molecule has 60 valence electrons. The third kappa shape index (κ3) is 4.86. The molecule has 0 spiro atoms. The molecule has 0 fully saturated rings. The maximum absolute atomic E-state index is 5.17. The Morgan fingerprint density at radius 1 is 1.50 bits per heavy atom. The fourth-order valence-corrected chi connectivity index (χ4v) is 1.27. The molecule has 0 aromatic rings. The SMILES string of the molecule is CCCC(C)CB(C)OC. The van der Waals surface area contributed by atoms with E-state index < -0.39 is 0 Å². The van der Waals surface area contributed by atoms with Crippen molar-refractivity contribution in [3.8, 4) is 0 Å². The third-order valence-electron chi connectivity index (χ3n) is 1.92. The summed E-state index contributed by atoms with van der Waals surface area (Å²) >= 11 is 0. The summed E-state index contributed by atoms with van der Waals surface area (Å²) in [6, 6.07) is 0. The predicted molar refractivity (Wildman–Crippen MR) is 47.5 cm³/mol. The van der Waals surface area contributed by atoms with Crippen molar-refractivity contribution in [1.82, 2.24) is 0 Å². The Balaban J connectivity index is 3.27. The summed E-state index contributed by atoms with van der Waals surface area (Å²) in [6.45, 7) is 7.08. The monoisotopic (exact) mass is 142 g/mol. The van der Waals surface area contributed by atoms with Gasteiger partial charge in [0, 0.05) is 7.11 Å². The summed E-state index contributed by atoms with van der Waals surface area (Å²) in [5.41, 5.74) is 0. The molecule has 0 aromatic heterocycles. The fourth-order valence-electron chi connectivity index (χ4n) is 1.27. The van der Waals surface area contributed by atoms with Crippen molar-refractivity contribution in [3.63, 3.8) is 0 Å². The molecule has 2 heteroatoms. The molecule has 0 heterocycles. The molecule has 1 atom stereocenters. The van der Waals surface area contributed by atoms with Crippen LogP contribution in [-0.4, -0.2) is 14.0 Å². The average molecular weight is 142 g/mol. The Labute approximate surface area is 65.3 Å². The van der Waals surface area contributed by atoms with Crippen LogP contribution < -0.4 is 0 Å². The number of rotatable bonds is 5. The zero-order chi connectivity index (χ0) is 7.98. The molecule has 1 unspecified atom stereocenters. The highest BCUT2D eigenvalue weighted by Gasteiger charge is 2.10. The van der Waals surface area contributed by atoms with Crippen molar-refractivity contribution in [2.75, 3.05) is 7.11 Å². The van der Waals surface area contributed by atoms with E-state index in [4.69, 9.17) is 4.65 Å². The second-order valence-corrected chi connectivity index (χ2v) is 3.18. The van der Waals surface area contributed by atoms with Crippen LogP contribution in [0, 0.1) is 5.92 Å². The Morgan fingerprint density at radius 2 is 2.10 bits per heavy atom. The standard InChI is InChI=1S/C8H19BO/c1-5-6-8(2)7-9(3)10-4/h8H,5-7H2,1-4H3. The molecule has 0 aliphatic carbocycles. The molecular formula is C8H19BO. The van der Waals surface area contributed by atoms with E-state index in [1.54, 1.807) is 7.11 Å². The lowest BCUT2D eigenvalue weighted by Crippen LogP contribution is -2.14. The van der Waals surface area contributed by atoms with E-state index in [0.29, 0.717) is 6.92 Å². The first kappa shape index (κ1) is 10.0. The molecule has 0 saturated carbocycles. The van der Waals surface area contributed by atoms with E-state index in [0.717, 1.165) is 5.92 Å². The Morgan fingerprint density at radius 3 is 2.50 bits per heavy atom. The van der Waals surface area contributed by atoms with Crippen LogP contribution in [0.4, 0.5) is 0 Å². The van der Waals surface area contributed by atoms with Gasteiger partial charge < -0.3 is 4.65 Å². The second-order valence-electron chi connectivity index (χ2n) is 3.18. The first-order valence-corrected chi connectivity index (χ1v) is 4.23. The van der Waals surface area contributed by atoms with Crippen LogP contribution in [0.25, 0.3) is 0 Å². The first-order valence-electron chi connectivity index (χ1n) is 4.23. The normalized spacial score (nSPS) is 13.2. The minimum atomic E-state index is 0.432. The van der Waals surface area contributed by atoms with Crippen LogP contribution in [0.2, 0.25) is 13.1 Å². The number of hydrogen-bond donors (Lipinski definition) is 0. The third-order valence-corrected chi connectivity index (χ3v) is 1.92. The van der Waals surface area contributed by atoms with Gasteiger partial charge in [0.2, 0.25) is 0 Å². The molecule has 1 nitrogen and oxygen atoms in total. The summed E-state index contributed by atoms with van der Waals surface area (Å²) < 4.78 is 5.17. The fraction of sp³-hybridized carbons (Fsp3) is 1.00. The van der Waals surface area contributed by atoms with E-state index in [-0.39, 0.29) is 0 Å². The van der Waals surface area contributed by atoms with Crippen molar-refractivity contribution in [3.05, 3.63) is 0 Å². The van der Waals surface area contributed by atoms with Gasteiger partial charge in [-0.15, -0.1) is 0 Å². The Hall–Kier alpha value is 0.0249. The van der Waals surface area contributed by atoms with Crippen LogP contribution in [0.15, 0.2) is 0 Å². The molecule has 0 saturated heterocycles. The van der Waals surface area contributed by atoms with Gasteiger partial charge in [-0.2, -0.15) is 0 Å². The van der Waals surface area contributed by atoms with Crippen LogP contribution in [-0.2, 0) is 4.65 Å². The first-order chi connectivity index (χ1) is 4.70. The molecule has 0 aliphatic heterocycles. The highest BCUT2D eigenvalue weighted by Crippen LogP contribution is 2.12. The minimum Gasteiger partial charge on any atom is -0.439 e. The van der Waals surface area contributed by atoms with Gasteiger partial charge in [0.05, 0.1) is 0 Å². The summed E-state index contributed by atoms with van der Waals surface area (Å²) in [5.74, 6) is 0.819. The highest BCUT2D eigenvalue weighted by molar-refractivity contribution is 6.50. The van der Waals surface area contributed by atoms with Crippen LogP contribution in [0.1, 0.15) is 26.7 Å². The van der Waals surface area contributed by atoms with Crippen molar-refractivity contribution >= 4 is 6.92 Å². The van der Waals surface area contributed by atoms with Gasteiger partial charge in [-0.05, 0) is 12.2 Å². The van der Waals surface area contributed by atoms with E-state index in [1.165, 1.54) is 19.2 Å². The maximum atomic E-state index is 5.17. The Kier molecular flexibility index (Phi) is 5.80. The van der Waals surface area contributed by atoms with E-state index >= 15 is 0 Å². The van der Waals surface area contributed by atoms with Gasteiger partial charge in [-0.25, -0.2) is 0 Å². The quantitative estimate of drug-likeness (QED) is 0.536. The van der Waals surface area contributed by atoms with E-state index in [1.807, 2.05) is 0 Å². The molecule has 0 radical (unpaired) electrons. The summed E-state index contributed by atoms with van der Waals surface area (Å²) in [6.07, 6.45) is 3.82. The smallest absolute Gasteiger partial charge is 0.289 e. The molecular weight excluding hydrogens is 123 g/mol. The second kappa shape index (κ2) is 5.78. The Bertz CT molecular complexity index is 75.7. The van der Waals surface area contributed by atoms with E-state index in [2.05, 4.69) is 20.7 Å². The predicted octanol–water partition coefficient (Wildman–Crippen LogP) is 2.69. The zero-order valence-corrected chi connectivity index (χ0v) is 7.68. The summed E-state index contributed by atoms with van der Waals surface area (Å²) in [5, 5.41) is 0. The van der Waals surface area contributed by atoms with Crippen molar-refractivity contribution in [2.45, 2.75) is 39.8 Å². The van der Waals surface area contributed by atoms with Crippen molar-refractivity contribution in [1.29, 1.82) is 0 Å². The van der Waals surface area contributed by atoms with Gasteiger partial charge >= 0.3 is 0 Å². The minimum absolute atomic E-state index is 0.432. The summed E-state index contributed by atoms with van der Waals surface area (Å²) in [4.78, 5) is 0. The average Bonchev–Trinajstić information content (AvgIpc) is 1.88. The summed E-state index contributed by atoms with van der Waals surface area (Å²) in [7, 11) is 1.78. The van der Waals surface area contributed by atoms with Crippen LogP contribution in [0.5, 0.6) is 0 Å².